The van der Waals surface area contributed by atoms with Gasteiger partial charge in [0.05, 0.1) is 25.8 Å². The number of hydrogen-bond acceptors (Lipinski definition) is 5. The average molecular weight is 378 g/mol. The third-order valence-electron chi connectivity index (χ3n) is 4.39. The van der Waals surface area contributed by atoms with Crippen LogP contribution >= 0.6 is 11.6 Å². The summed E-state index contributed by atoms with van der Waals surface area (Å²) in [4.78, 5) is 26.8. The number of rotatable bonds is 4. The number of amides is 1. The van der Waals surface area contributed by atoms with Crippen molar-refractivity contribution < 1.29 is 19.1 Å². The smallest absolute Gasteiger partial charge is 0.359 e. The maximum atomic E-state index is 13.0. The Morgan fingerprint density at radius 3 is 2.81 bits per heavy atom. The molecule has 1 aromatic carbocycles. The van der Waals surface area contributed by atoms with E-state index in [9.17, 15) is 9.59 Å². The van der Waals surface area contributed by atoms with Gasteiger partial charge in [-0.05, 0) is 25.1 Å². The number of benzene rings is 1. The SMILES string of the molecule is CCOC(=O)c1nn(C)c2c1CN(C(=O)c1cc(Cl)ccc1OC)CC2. The van der Waals surface area contributed by atoms with E-state index in [-0.39, 0.29) is 24.8 Å². The lowest BCUT2D eigenvalue weighted by molar-refractivity contribution is 0.0513. The second-order valence-corrected chi connectivity index (χ2v) is 6.38. The number of halogens is 1. The van der Waals surface area contributed by atoms with Crippen LogP contribution in [-0.4, -0.2) is 46.8 Å². The highest BCUT2D eigenvalue weighted by Crippen LogP contribution is 2.28. The van der Waals surface area contributed by atoms with Gasteiger partial charge in [0.1, 0.15) is 5.75 Å². The quantitative estimate of drug-likeness (QED) is 0.765. The van der Waals surface area contributed by atoms with Gasteiger partial charge in [0.25, 0.3) is 5.91 Å². The first-order valence-electron chi connectivity index (χ1n) is 8.31. The third kappa shape index (κ3) is 3.26. The van der Waals surface area contributed by atoms with Crippen LogP contribution in [0.5, 0.6) is 5.75 Å². The summed E-state index contributed by atoms with van der Waals surface area (Å²) in [5, 5.41) is 4.74. The van der Waals surface area contributed by atoms with Crippen molar-refractivity contribution in [2.45, 2.75) is 19.9 Å². The predicted molar refractivity (Wildman–Crippen MR) is 95.6 cm³/mol. The molecule has 0 bridgehead atoms. The molecule has 0 saturated heterocycles. The molecule has 138 valence electrons. The van der Waals surface area contributed by atoms with Gasteiger partial charge < -0.3 is 14.4 Å². The Morgan fingerprint density at radius 2 is 2.12 bits per heavy atom. The fourth-order valence-corrected chi connectivity index (χ4v) is 3.32. The van der Waals surface area contributed by atoms with Gasteiger partial charge in [0.15, 0.2) is 5.69 Å². The molecule has 3 rings (SSSR count). The molecule has 7 nitrogen and oxygen atoms in total. The van der Waals surface area contributed by atoms with E-state index in [0.717, 1.165) is 11.3 Å². The summed E-state index contributed by atoms with van der Waals surface area (Å²) in [7, 11) is 3.30. The topological polar surface area (TPSA) is 73.7 Å². The molecule has 0 atom stereocenters. The van der Waals surface area contributed by atoms with Crippen LogP contribution < -0.4 is 4.74 Å². The van der Waals surface area contributed by atoms with Gasteiger partial charge >= 0.3 is 5.97 Å². The zero-order chi connectivity index (χ0) is 18.8. The Balaban J connectivity index is 1.92. The number of aryl methyl sites for hydroxylation is 1. The number of carbonyl (C=O) groups excluding carboxylic acids is 2. The fourth-order valence-electron chi connectivity index (χ4n) is 3.15. The molecule has 2 heterocycles. The fraction of sp³-hybridized carbons (Fsp3) is 0.389. The van der Waals surface area contributed by atoms with Crippen molar-refractivity contribution in [3.05, 3.63) is 45.7 Å². The normalized spacial score (nSPS) is 13.3. The Bertz CT molecular complexity index is 862. The molecule has 0 radical (unpaired) electrons. The van der Waals surface area contributed by atoms with Gasteiger partial charge in [0.2, 0.25) is 0 Å². The molecule has 1 amide bonds. The van der Waals surface area contributed by atoms with Gasteiger partial charge in [-0.3, -0.25) is 9.48 Å². The standard InChI is InChI=1S/C18H20ClN3O4/c1-4-26-18(24)16-13-10-22(8-7-14(13)21(2)20-16)17(23)12-9-11(19)5-6-15(12)25-3/h5-6,9H,4,7-8,10H2,1-3H3. The molecule has 8 heteroatoms. The van der Waals surface area contributed by atoms with Gasteiger partial charge in [0, 0.05) is 36.3 Å². The average Bonchev–Trinajstić information content (AvgIpc) is 2.97. The van der Waals surface area contributed by atoms with E-state index in [0.29, 0.717) is 29.3 Å². The van der Waals surface area contributed by atoms with E-state index in [2.05, 4.69) is 5.10 Å². The van der Waals surface area contributed by atoms with E-state index in [1.807, 2.05) is 0 Å². The van der Waals surface area contributed by atoms with Crippen LogP contribution in [0.3, 0.4) is 0 Å². The third-order valence-corrected chi connectivity index (χ3v) is 4.63. The van der Waals surface area contributed by atoms with Gasteiger partial charge in [-0.25, -0.2) is 4.79 Å². The monoisotopic (exact) mass is 377 g/mol. The molecule has 2 aromatic rings. The molecule has 0 aliphatic carbocycles. The van der Waals surface area contributed by atoms with Crippen molar-refractivity contribution in [2.75, 3.05) is 20.3 Å². The van der Waals surface area contributed by atoms with Crippen molar-refractivity contribution in [1.29, 1.82) is 0 Å². The second-order valence-electron chi connectivity index (χ2n) is 5.94. The number of fused-ring (bicyclic) bond motifs is 1. The minimum atomic E-state index is -0.473. The summed E-state index contributed by atoms with van der Waals surface area (Å²) >= 11 is 6.04. The van der Waals surface area contributed by atoms with Crippen LogP contribution in [0.15, 0.2) is 18.2 Å². The van der Waals surface area contributed by atoms with Gasteiger partial charge in [-0.15, -0.1) is 0 Å². The summed E-state index contributed by atoms with van der Waals surface area (Å²) < 4.78 is 12.1. The number of hydrogen-bond donors (Lipinski definition) is 0. The highest BCUT2D eigenvalue weighted by Gasteiger charge is 2.31. The molecule has 1 aliphatic heterocycles. The summed E-state index contributed by atoms with van der Waals surface area (Å²) in [5.41, 5.74) is 2.33. The number of nitrogens with zero attached hydrogens (tertiary/aromatic N) is 3. The highest BCUT2D eigenvalue weighted by atomic mass is 35.5. The van der Waals surface area contributed by atoms with E-state index >= 15 is 0 Å². The number of aromatic nitrogens is 2. The van der Waals surface area contributed by atoms with E-state index in [1.165, 1.54) is 7.11 Å². The van der Waals surface area contributed by atoms with Crippen molar-refractivity contribution in [3.8, 4) is 5.75 Å². The minimum Gasteiger partial charge on any atom is -0.496 e. The molecule has 0 fully saturated rings. The van der Waals surface area contributed by atoms with Crippen molar-refractivity contribution in [1.82, 2.24) is 14.7 Å². The van der Waals surface area contributed by atoms with E-state index in [1.54, 1.807) is 41.8 Å². The Morgan fingerprint density at radius 1 is 1.35 bits per heavy atom. The molecular formula is C18H20ClN3O4. The summed E-state index contributed by atoms with van der Waals surface area (Å²) in [6.07, 6.45) is 0.604. The van der Waals surface area contributed by atoms with Crippen molar-refractivity contribution in [2.24, 2.45) is 7.05 Å². The van der Waals surface area contributed by atoms with Crippen molar-refractivity contribution >= 4 is 23.5 Å². The molecular weight excluding hydrogens is 358 g/mol. The van der Waals surface area contributed by atoms with Crippen LogP contribution in [0.25, 0.3) is 0 Å². The van der Waals surface area contributed by atoms with Crippen LogP contribution in [-0.2, 0) is 24.8 Å². The minimum absolute atomic E-state index is 0.200. The lowest BCUT2D eigenvalue weighted by atomic mass is 10.0. The summed E-state index contributed by atoms with van der Waals surface area (Å²) in [5.74, 6) is -0.213. The number of methoxy groups -OCH3 is 1. The Labute approximate surface area is 156 Å². The van der Waals surface area contributed by atoms with Crippen LogP contribution in [0.1, 0.15) is 39.0 Å². The number of carbonyl (C=O) groups is 2. The molecule has 1 aliphatic rings. The van der Waals surface area contributed by atoms with Gasteiger partial charge in [-0.1, -0.05) is 11.6 Å². The molecule has 0 spiro atoms. The first kappa shape index (κ1) is 18.3. The van der Waals surface area contributed by atoms with E-state index in [4.69, 9.17) is 21.1 Å². The van der Waals surface area contributed by atoms with Crippen LogP contribution in [0.4, 0.5) is 0 Å². The molecule has 0 saturated carbocycles. The summed E-state index contributed by atoms with van der Waals surface area (Å²) in [6, 6.07) is 4.93. The predicted octanol–water partition coefficient (Wildman–Crippen LogP) is 2.46. The molecule has 1 aromatic heterocycles. The highest BCUT2D eigenvalue weighted by molar-refractivity contribution is 6.31. The zero-order valence-electron chi connectivity index (χ0n) is 14.9. The Kier molecular flexibility index (Phi) is 5.18. The van der Waals surface area contributed by atoms with Gasteiger partial charge in [-0.2, -0.15) is 5.10 Å². The summed E-state index contributed by atoms with van der Waals surface area (Å²) in [6.45, 7) is 2.82. The number of ether oxygens (including phenoxy) is 2. The zero-order valence-corrected chi connectivity index (χ0v) is 15.7. The molecule has 0 unspecified atom stereocenters. The largest absolute Gasteiger partial charge is 0.496 e. The first-order valence-corrected chi connectivity index (χ1v) is 8.68. The maximum Gasteiger partial charge on any atom is 0.359 e. The lowest BCUT2D eigenvalue weighted by Gasteiger charge is -2.28. The van der Waals surface area contributed by atoms with Crippen LogP contribution in [0.2, 0.25) is 5.02 Å². The molecule has 0 N–H and O–H groups in total. The number of esters is 1. The van der Waals surface area contributed by atoms with Crippen molar-refractivity contribution in [3.63, 3.8) is 0 Å². The second kappa shape index (κ2) is 7.37. The van der Waals surface area contributed by atoms with Crippen LogP contribution in [0, 0.1) is 0 Å². The van der Waals surface area contributed by atoms with E-state index < -0.39 is 5.97 Å². The molecule has 26 heavy (non-hydrogen) atoms. The maximum absolute atomic E-state index is 13.0. The Hall–Kier alpha value is -2.54. The first-order chi connectivity index (χ1) is 12.5. The lowest BCUT2D eigenvalue weighted by Crippen LogP contribution is -2.37.